The maximum Gasteiger partial charge on any atom is 0.318 e. The van der Waals surface area contributed by atoms with Crippen LogP contribution < -0.4 is 5.32 Å². The summed E-state index contributed by atoms with van der Waals surface area (Å²) in [5, 5.41) is 2.80. The predicted octanol–water partition coefficient (Wildman–Crippen LogP) is 2.60. The Morgan fingerprint density at radius 3 is 2.88 bits per heavy atom. The highest BCUT2D eigenvalue weighted by molar-refractivity contribution is 7.99. The lowest BCUT2D eigenvalue weighted by molar-refractivity contribution is 0.201. The minimum atomic E-state index is -0.249. The van der Waals surface area contributed by atoms with Crippen molar-refractivity contribution in [3.63, 3.8) is 0 Å². The van der Waals surface area contributed by atoms with Gasteiger partial charge in [0.25, 0.3) is 0 Å². The molecule has 1 N–H and O–H groups in total. The SMILES string of the molecule is CCNC(=O)N1CCS[C@@H]1c1ccc(F)cc1. The molecule has 1 saturated heterocycles. The van der Waals surface area contributed by atoms with Crippen LogP contribution in [-0.2, 0) is 0 Å². The third kappa shape index (κ3) is 2.72. The summed E-state index contributed by atoms with van der Waals surface area (Å²) in [5.74, 6) is 0.667. The first kappa shape index (κ1) is 12.2. The van der Waals surface area contributed by atoms with Crippen molar-refractivity contribution in [2.24, 2.45) is 0 Å². The Kier molecular flexibility index (Phi) is 3.89. The number of amides is 2. The van der Waals surface area contributed by atoms with Crippen molar-refractivity contribution in [2.75, 3.05) is 18.8 Å². The van der Waals surface area contributed by atoms with Crippen molar-refractivity contribution >= 4 is 17.8 Å². The molecule has 1 aromatic carbocycles. The van der Waals surface area contributed by atoms with Gasteiger partial charge in [-0.05, 0) is 24.6 Å². The van der Waals surface area contributed by atoms with Gasteiger partial charge in [0.1, 0.15) is 11.2 Å². The summed E-state index contributed by atoms with van der Waals surface area (Å²) in [4.78, 5) is 13.6. The average Bonchev–Trinajstić information content (AvgIpc) is 2.79. The van der Waals surface area contributed by atoms with Gasteiger partial charge in [-0.1, -0.05) is 12.1 Å². The molecule has 3 nitrogen and oxygen atoms in total. The first-order valence-corrected chi connectivity index (χ1v) is 6.68. The van der Waals surface area contributed by atoms with E-state index in [-0.39, 0.29) is 17.2 Å². The number of nitrogens with zero attached hydrogens (tertiary/aromatic N) is 1. The quantitative estimate of drug-likeness (QED) is 0.880. The molecule has 0 unspecified atom stereocenters. The molecule has 1 aromatic rings. The minimum absolute atomic E-state index is 0.00199. The smallest absolute Gasteiger partial charge is 0.318 e. The van der Waals surface area contributed by atoms with Gasteiger partial charge in [0.2, 0.25) is 0 Å². The molecule has 1 fully saturated rings. The fourth-order valence-corrected chi connectivity index (χ4v) is 3.09. The summed E-state index contributed by atoms with van der Waals surface area (Å²) >= 11 is 1.71. The van der Waals surface area contributed by atoms with Gasteiger partial charge in [0.05, 0.1) is 0 Å². The molecule has 2 rings (SSSR count). The van der Waals surface area contributed by atoms with Crippen LogP contribution in [0, 0.1) is 5.82 Å². The molecule has 0 radical (unpaired) electrons. The first-order valence-electron chi connectivity index (χ1n) is 5.64. The van der Waals surface area contributed by atoms with E-state index in [1.807, 2.05) is 6.92 Å². The third-order valence-corrected chi connectivity index (χ3v) is 3.90. The van der Waals surface area contributed by atoms with E-state index in [4.69, 9.17) is 0 Å². The van der Waals surface area contributed by atoms with Crippen LogP contribution in [-0.4, -0.2) is 29.8 Å². The number of nitrogens with one attached hydrogen (secondary N) is 1. The van der Waals surface area contributed by atoms with Gasteiger partial charge in [-0.2, -0.15) is 0 Å². The second-order valence-corrected chi connectivity index (χ2v) is 4.99. The number of hydrogen-bond acceptors (Lipinski definition) is 2. The standard InChI is InChI=1S/C12H15FN2OS/c1-2-14-12(16)15-7-8-17-11(15)9-3-5-10(13)6-4-9/h3-6,11H,2,7-8H2,1H3,(H,14,16)/t11-/m1/s1. The Morgan fingerprint density at radius 1 is 1.53 bits per heavy atom. The molecule has 5 heteroatoms. The van der Waals surface area contributed by atoms with Crippen LogP contribution in [0.2, 0.25) is 0 Å². The average molecular weight is 254 g/mol. The Bertz CT molecular complexity index is 396. The van der Waals surface area contributed by atoms with Crippen LogP contribution in [0.5, 0.6) is 0 Å². The molecule has 1 aliphatic heterocycles. The van der Waals surface area contributed by atoms with Gasteiger partial charge in [-0.25, -0.2) is 9.18 Å². The van der Waals surface area contributed by atoms with Crippen LogP contribution in [0.4, 0.5) is 9.18 Å². The van der Waals surface area contributed by atoms with Crippen LogP contribution in [0.3, 0.4) is 0 Å². The molecule has 0 bridgehead atoms. The molecular formula is C12H15FN2OS. The third-order valence-electron chi connectivity index (χ3n) is 2.64. The van der Waals surface area contributed by atoms with Gasteiger partial charge in [-0.15, -0.1) is 11.8 Å². The Hall–Kier alpha value is -1.23. The molecule has 92 valence electrons. The number of carbonyl (C=O) groups excluding carboxylic acids is 1. The highest BCUT2D eigenvalue weighted by Gasteiger charge is 2.30. The molecular weight excluding hydrogens is 239 g/mol. The lowest BCUT2D eigenvalue weighted by Gasteiger charge is -2.24. The van der Waals surface area contributed by atoms with Crippen molar-refractivity contribution in [1.82, 2.24) is 10.2 Å². The summed E-state index contributed by atoms with van der Waals surface area (Å²) in [6.07, 6.45) is 0. The summed E-state index contributed by atoms with van der Waals surface area (Å²) < 4.78 is 12.9. The highest BCUT2D eigenvalue weighted by Crippen LogP contribution is 2.37. The van der Waals surface area contributed by atoms with E-state index in [0.717, 1.165) is 17.9 Å². The fraction of sp³-hybridized carbons (Fsp3) is 0.417. The monoisotopic (exact) mass is 254 g/mol. The zero-order valence-electron chi connectivity index (χ0n) is 9.65. The topological polar surface area (TPSA) is 32.3 Å². The summed E-state index contributed by atoms with van der Waals surface area (Å²) in [6.45, 7) is 3.25. The lowest BCUT2D eigenvalue weighted by Crippen LogP contribution is -2.39. The van der Waals surface area contributed by atoms with Gasteiger partial charge < -0.3 is 10.2 Å². The lowest BCUT2D eigenvalue weighted by atomic mass is 10.2. The van der Waals surface area contributed by atoms with Crippen molar-refractivity contribution < 1.29 is 9.18 Å². The molecule has 17 heavy (non-hydrogen) atoms. The summed E-state index contributed by atoms with van der Waals surface area (Å²) in [7, 11) is 0. The number of thioether (sulfide) groups is 1. The van der Waals surface area contributed by atoms with Gasteiger partial charge in [-0.3, -0.25) is 0 Å². The number of urea groups is 1. The molecule has 2 amide bonds. The summed E-state index contributed by atoms with van der Waals surface area (Å²) in [5.41, 5.74) is 0.972. The number of rotatable bonds is 2. The Balaban J connectivity index is 2.14. The van der Waals surface area contributed by atoms with E-state index >= 15 is 0 Å². The minimum Gasteiger partial charge on any atom is -0.338 e. The fourth-order valence-electron chi connectivity index (χ4n) is 1.83. The van der Waals surface area contributed by atoms with Crippen molar-refractivity contribution in [3.8, 4) is 0 Å². The normalized spacial score (nSPS) is 19.4. The number of hydrogen-bond donors (Lipinski definition) is 1. The molecule has 0 aromatic heterocycles. The van der Waals surface area contributed by atoms with Gasteiger partial charge in [0.15, 0.2) is 0 Å². The number of carbonyl (C=O) groups is 1. The van der Waals surface area contributed by atoms with E-state index in [2.05, 4.69) is 5.32 Å². The zero-order valence-corrected chi connectivity index (χ0v) is 10.5. The number of benzene rings is 1. The number of halogens is 1. The van der Waals surface area contributed by atoms with Crippen molar-refractivity contribution in [3.05, 3.63) is 35.6 Å². The molecule has 1 aliphatic rings. The molecule has 0 saturated carbocycles. The highest BCUT2D eigenvalue weighted by atomic mass is 32.2. The maximum atomic E-state index is 12.9. The van der Waals surface area contributed by atoms with Crippen molar-refractivity contribution in [1.29, 1.82) is 0 Å². The van der Waals surface area contributed by atoms with E-state index in [9.17, 15) is 9.18 Å². The molecule has 1 atom stereocenters. The molecule has 0 aliphatic carbocycles. The van der Waals surface area contributed by atoms with Crippen LogP contribution in [0.15, 0.2) is 24.3 Å². The van der Waals surface area contributed by atoms with Gasteiger partial charge in [0, 0.05) is 18.8 Å². The van der Waals surface area contributed by atoms with Gasteiger partial charge >= 0.3 is 6.03 Å². The molecule has 0 spiro atoms. The van der Waals surface area contributed by atoms with E-state index in [1.165, 1.54) is 12.1 Å². The Morgan fingerprint density at radius 2 is 2.24 bits per heavy atom. The van der Waals surface area contributed by atoms with Crippen molar-refractivity contribution in [2.45, 2.75) is 12.3 Å². The summed E-state index contributed by atoms with van der Waals surface area (Å²) in [6, 6.07) is 6.30. The van der Waals surface area contributed by atoms with Crippen LogP contribution in [0.1, 0.15) is 17.9 Å². The van der Waals surface area contributed by atoms with E-state index in [0.29, 0.717) is 6.54 Å². The zero-order chi connectivity index (χ0) is 12.3. The van der Waals surface area contributed by atoms with E-state index in [1.54, 1.807) is 28.8 Å². The first-order chi connectivity index (χ1) is 8.22. The largest absolute Gasteiger partial charge is 0.338 e. The second kappa shape index (κ2) is 5.40. The van der Waals surface area contributed by atoms with Crippen LogP contribution in [0.25, 0.3) is 0 Å². The maximum absolute atomic E-state index is 12.9. The second-order valence-electron chi connectivity index (χ2n) is 3.80. The van der Waals surface area contributed by atoms with E-state index < -0.39 is 0 Å². The predicted molar refractivity (Wildman–Crippen MR) is 67.4 cm³/mol. The Labute approximate surface area is 104 Å². The van der Waals surface area contributed by atoms with Crippen LogP contribution >= 0.6 is 11.8 Å². The molecule has 1 heterocycles.